The van der Waals surface area contributed by atoms with Gasteiger partial charge in [-0.1, -0.05) is 36.4 Å². The van der Waals surface area contributed by atoms with E-state index >= 15 is 0 Å². The van der Waals surface area contributed by atoms with Crippen LogP contribution in [0.15, 0.2) is 59.5 Å². The molecule has 0 unspecified atom stereocenters. The maximum Gasteiger partial charge on any atom is 0.333 e. The van der Waals surface area contributed by atoms with Crippen LogP contribution in [0.25, 0.3) is 0 Å². The van der Waals surface area contributed by atoms with Crippen LogP contribution >= 0.6 is 0 Å². The predicted octanol–water partition coefficient (Wildman–Crippen LogP) is 1.76. The minimum Gasteiger partial charge on any atom is -0.350 e. The molecule has 6 heteroatoms. The molecule has 0 aromatic heterocycles. The lowest BCUT2D eigenvalue weighted by atomic mass is 10.3. The van der Waals surface area contributed by atoms with Crippen molar-refractivity contribution >= 4 is 21.7 Å². The van der Waals surface area contributed by atoms with Crippen LogP contribution < -0.4 is 10.0 Å². The summed E-state index contributed by atoms with van der Waals surface area (Å²) in [5.74, 6) is 0. The Hall–Kier alpha value is -2.34. The number of hydrogen-bond donors (Lipinski definition) is 1. The van der Waals surface area contributed by atoms with Crippen molar-refractivity contribution in [1.29, 1.82) is 0 Å². The van der Waals surface area contributed by atoms with Crippen molar-refractivity contribution in [2.75, 3.05) is 4.31 Å². The Morgan fingerprint density at radius 1 is 1.05 bits per heavy atom. The highest BCUT2D eigenvalue weighted by Crippen LogP contribution is 2.22. The number of anilines is 1. The lowest BCUT2D eigenvalue weighted by molar-refractivity contribution is 0.257. The van der Waals surface area contributed by atoms with E-state index in [1.165, 1.54) is 24.3 Å². The third kappa shape index (κ3) is 2.58. The molecule has 0 bridgehead atoms. The molecule has 1 radical (unpaired) electrons. The molecule has 0 aliphatic heterocycles. The van der Waals surface area contributed by atoms with Crippen LogP contribution in [-0.2, 0) is 10.0 Å². The zero-order chi connectivity index (χ0) is 13.9. The van der Waals surface area contributed by atoms with Crippen molar-refractivity contribution in [2.24, 2.45) is 5.73 Å². The van der Waals surface area contributed by atoms with E-state index in [0.29, 0.717) is 4.31 Å². The van der Waals surface area contributed by atoms with Crippen LogP contribution in [0.5, 0.6) is 0 Å². The largest absolute Gasteiger partial charge is 0.350 e. The first-order chi connectivity index (χ1) is 9.03. The summed E-state index contributed by atoms with van der Waals surface area (Å²) in [6.45, 7) is 0. The molecule has 2 amide bonds. The smallest absolute Gasteiger partial charge is 0.333 e. The second-order valence-corrected chi connectivity index (χ2v) is 5.46. The van der Waals surface area contributed by atoms with Crippen LogP contribution in [0.4, 0.5) is 10.5 Å². The van der Waals surface area contributed by atoms with Gasteiger partial charge in [0.25, 0.3) is 10.0 Å². The maximum atomic E-state index is 12.4. The first-order valence-electron chi connectivity index (χ1n) is 5.40. The van der Waals surface area contributed by atoms with Gasteiger partial charge in [0.05, 0.1) is 10.6 Å². The number of para-hydroxylation sites is 1. The molecule has 19 heavy (non-hydrogen) atoms. The topological polar surface area (TPSA) is 80.5 Å². The molecule has 0 aliphatic carbocycles. The van der Waals surface area contributed by atoms with Crippen molar-refractivity contribution in [3.8, 4) is 0 Å². The number of primary amides is 1. The van der Waals surface area contributed by atoms with Crippen LogP contribution in [0.2, 0.25) is 0 Å². The minimum atomic E-state index is -4.03. The van der Waals surface area contributed by atoms with E-state index in [1.54, 1.807) is 30.3 Å². The van der Waals surface area contributed by atoms with Gasteiger partial charge in [0.1, 0.15) is 0 Å². The molecule has 0 aliphatic rings. The average molecular weight is 275 g/mol. The van der Waals surface area contributed by atoms with Gasteiger partial charge < -0.3 is 5.73 Å². The number of amides is 2. The van der Waals surface area contributed by atoms with Gasteiger partial charge in [-0.2, -0.15) is 4.31 Å². The highest BCUT2D eigenvalue weighted by atomic mass is 32.2. The van der Waals surface area contributed by atoms with E-state index in [9.17, 15) is 13.2 Å². The van der Waals surface area contributed by atoms with Crippen LogP contribution in [-0.4, -0.2) is 14.4 Å². The van der Waals surface area contributed by atoms with Crippen molar-refractivity contribution in [3.05, 3.63) is 60.7 Å². The molecule has 2 aromatic rings. The lowest BCUT2D eigenvalue weighted by Gasteiger charge is -2.19. The van der Waals surface area contributed by atoms with E-state index in [4.69, 9.17) is 5.73 Å². The highest BCUT2D eigenvalue weighted by molar-refractivity contribution is 7.93. The minimum absolute atomic E-state index is 0.00828. The SMILES string of the molecule is NC(=O)N(c1[c]cccc1)S(=O)(=O)c1ccccc1. The highest BCUT2D eigenvalue weighted by Gasteiger charge is 2.29. The van der Waals surface area contributed by atoms with Gasteiger partial charge in [0.15, 0.2) is 0 Å². The molecular weight excluding hydrogens is 264 g/mol. The van der Waals surface area contributed by atoms with Crippen molar-refractivity contribution in [1.82, 2.24) is 0 Å². The molecule has 0 fully saturated rings. The van der Waals surface area contributed by atoms with Gasteiger partial charge in [0, 0.05) is 6.07 Å². The van der Waals surface area contributed by atoms with Crippen molar-refractivity contribution < 1.29 is 13.2 Å². The molecule has 0 atom stereocenters. The van der Waals surface area contributed by atoms with Crippen LogP contribution in [0, 0.1) is 6.07 Å². The van der Waals surface area contributed by atoms with Crippen molar-refractivity contribution in [2.45, 2.75) is 4.90 Å². The van der Waals surface area contributed by atoms with Gasteiger partial charge in [-0.25, -0.2) is 13.2 Å². The maximum absolute atomic E-state index is 12.4. The molecule has 5 nitrogen and oxygen atoms in total. The Labute approximate surface area is 111 Å². The first-order valence-corrected chi connectivity index (χ1v) is 6.84. The second kappa shape index (κ2) is 5.11. The number of sulfonamides is 1. The number of rotatable bonds is 3. The van der Waals surface area contributed by atoms with E-state index in [0.717, 1.165) is 0 Å². The van der Waals surface area contributed by atoms with Gasteiger partial charge in [-0.05, 0) is 18.2 Å². The number of carbonyl (C=O) groups excluding carboxylic acids is 1. The third-order valence-electron chi connectivity index (χ3n) is 2.39. The molecule has 2 aromatic carbocycles. The fourth-order valence-electron chi connectivity index (χ4n) is 1.57. The summed E-state index contributed by atoms with van der Waals surface area (Å²) in [5, 5.41) is 0. The van der Waals surface area contributed by atoms with Gasteiger partial charge in [-0.3, -0.25) is 0 Å². The Morgan fingerprint density at radius 3 is 2.21 bits per heavy atom. The molecule has 0 spiro atoms. The van der Waals surface area contributed by atoms with E-state index in [1.807, 2.05) is 0 Å². The van der Waals surface area contributed by atoms with Gasteiger partial charge in [-0.15, -0.1) is 0 Å². The molecule has 97 valence electrons. The molecule has 2 rings (SSSR count). The normalized spacial score (nSPS) is 10.9. The summed E-state index contributed by atoms with van der Waals surface area (Å²) in [7, 11) is -4.03. The predicted molar refractivity (Wildman–Crippen MR) is 71.0 cm³/mol. The lowest BCUT2D eigenvalue weighted by Crippen LogP contribution is -2.40. The number of carbonyl (C=O) groups is 1. The quantitative estimate of drug-likeness (QED) is 0.926. The zero-order valence-corrected chi connectivity index (χ0v) is 10.7. The summed E-state index contributed by atoms with van der Waals surface area (Å²) in [5.41, 5.74) is 5.26. The average Bonchev–Trinajstić information content (AvgIpc) is 2.40. The van der Waals surface area contributed by atoms with Gasteiger partial charge in [0.2, 0.25) is 0 Å². The van der Waals surface area contributed by atoms with Gasteiger partial charge >= 0.3 is 6.03 Å². The summed E-state index contributed by atoms with van der Waals surface area (Å²) >= 11 is 0. The van der Waals surface area contributed by atoms with Crippen LogP contribution in [0.1, 0.15) is 0 Å². The van der Waals surface area contributed by atoms with E-state index in [2.05, 4.69) is 6.07 Å². The standard InChI is InChI=1S/C13H11N2O3S/c14-13(16)15(11-7-3-1-4-8-11)19(17,18)12-9-5-2-6-10-12/h1-7,9-10H,(H2,14,16). The summed E-state index contributed by atoms with van der Waals surface area (Å²) in [6.07, 6.45) is 0. The van der Waals surface area contributed by atoms with E-state index < -0.39 is 16.1 Å². The number of benzene rings is 2. The van der Waals surface area contributed by atoms with Crippen LogP contribution in [0.3, 0.4) is 0 Å². The molecular formula is C13H11N2O3S. The Morgan fingerprint density at radius 2 is 1.68 bits per heavy atom. The second-order valence-electron chi connectivity index (χ2n) is 3.67. The Bertz CT molecular complexity index is 670. The number of nitrogens with zero attached hydrogens (tertiary/aromatic N) is 1. The summed E-state index contributed by atoms with van der Waals surface area (Å²) < 4.78 is 25.3. The Kier molecular flexibility index (Phi) is 3.52. The number of urea groups is 1. The van der Waals surface area contributed by atoms with Crippen molar-refractivity contribution in [3.63, 3.8) is 0 Å². The summed E-state index contributed by atoms with van der Waals surface area (Å²) in [6, 6.07) is 15.4. The first kappa shape index (κ1) is 13.1. The molecule has 0 saturated heterocycles. The molecule has 0 saturated carbocycles. The van der Waals surface area contributed by atoms with E-state index in [-0.39, 0.29) is 10.6 Å². The Balaban J connectivity index is 2.55. The third-order valence-corrected chi connectivity index (χ3v) is 4.12. The molecule has 2 N–H and O–H groups in total. The zero-order valence-electron chi connectivity index (χ0n) is 9.85. The fourth-order valence-corrected chi connectivity index (χ4v) is 2.90. The monoisotopic (exact) mass is 275 g/mol. The fraction of sp³-hybridized carbons (Fsp3) is 0. The summed E-state index contributed by atoms with van der Waals surface area (Å²) in [4.78, 5) is 11.5. The molecule has 0 heterocycles. The number of nitrogens with two attached hydrogens (primary N) is 1. The number of hydrogen-bond acceptors (Lipinski definition) is 3.